The van der Waals surface area contributed by atoms with Crippen molar-refractivity contribution in [2.24, 2.45) is 7.05 Å². The molecule has 94 valence electrons. The standard InChI is InChI=1S/C13H15N3OS/c1-10(18-11-6-4-3-5-7-11)13(17)14-12-8-9-16(2)15-12/h3-10H,1-2H3,(H,14,15,17)/t10-/m0/s1. The number of carbonyl (C=O) groups is 1. The molecule has 18 heavy (non-hydrogen) atoms. The highest BCUT2D eigenvalue weighted by Gasteiger charge is 2.15. The van der Waals surface area contributed by atoms with Crippen molar-refractivity contribution in [1.82, 2.24) is 9.78 Å². The molecule has 1 aromatic carbocycles. The maximum absolute atomic E-state index is 11.9. The molecule has 1 atom stereocenters. The highest BCUT2D eigenvalue weighted by atomic mass is 32.2. The number of anilines is 1. The van der Waals surface area contributed by atoms with Gasteiger partial charge in [-0.2, -0.15) is 5.10 Å². The fraction of sp³-hybridized carbons (Fsp3) is 0.231. The molecule has 0 aliphatic heterocycles. The van der Waals surface area contributed by atoms with Gasteiger partial charge in [-0.1, -0.05) is 18.2 Å². The molecule has 1 amide bonds. The van der Waals surface area contributed by atoms with Gasteiger partial charge in [-0.15, -0.1) is 11.8 Å². The van der Waals surface area contributed by atoms with E-state index in [1.807, 2.05) is 44.3 Å². The smallest absolute Gasteiger partial charge is 0.238 e. The van der Waals surface area contributed by atoms with Crippen LogP contribution in [0.3, 0.4) is 0 Å². The summed E-state index contributed by atoms with van der Waals surface area (Å²) in [7, 11) is 1.82. The number of hydrogen-bond donors (Lipinski definition) is 1. The zero-order valence-electron chi connectivity index (χ0n) is 10.3. The van der Waals surface area contributed by atoms with Crippen molar-refractivity contribution in [3.05, 3.63) is 42.6 Å². The molecule has 4 nitrogen and oxygen atoms in total. The van der Waals surface area contributed by atoms with Crippen LogP contribution in [0.25, 0.3) is 0 Å². The molecule has 2 aromatic rings. The molecule has 0 spiro atoms. The van der Waals surface area contributed by atoms with E-state index in [-0.39, 0.29) is 11.2 Å². The molecule has 0 bridgehead atoms. The first-order valence-corrected chi connectivity index (χ1v) is 6.55. The summed E-state index contributed by atoms with van der Waals surface area (Å²) < 4.78 is 1.66. The van der Waals surface area contributed by atoms with E-state index >= 15 is 0 Å². The van der Waals surface area contributed by atoms with Crippen molar-refractivity contribution >= 4 is 23.5 Å². The van der Waals surface area contributed by atoms with Crippen LogP contribution in [-0.2, 0) is 11.8 Å². The van der Waals surface area contributed by atoms with Gasteiger partial charge in [0.2, 0.25) is 5.91 Å². The number of benzene rings is 1. The van der Waals surface area contributed by atoms with Crippen LogP contribution in [0.1, 0.15) is 6.92 Å². The molecular formula is C13H15N3OS. The van der Waals surface area contributed by atoms with Crippen LogP contribution in [0.2, 0.25) is 0 Å². The number of aryl methyl sites for hydroxylation is 1. The van der Waals surface area contributed by atoms with Gasteiger partial charge in [-0.25, -0.2) is 0 Å². The minimum atomic E-state index is -0.158. The van der Waals surface area contributed by atoms with Crippen molar-refractivity contribution in [3.8, 4) is 0 Å². The number of carbonyl (C=O) groups excluding carboxylic acids is 1. The Morgan fingerprint density at radius 2 is 2.06 bits per heavy atom. The maximum Gasteiger partial charge on any atom is 0.238 e. The Labute approximate surface area is 110 Å². The molecule has 2 rings (SSSR count). The number of rotatable bonds is 4. The van der Waals surface area contributed by atoms with Gasteiger partial charge in [-0.3, -0.25) is 9.48 Å². The Balaban J connectivity index is 1.93. The second kappa shape index (κ2) is 5.73. The fourth-order valence-corrected chi connectivity index (χ4v) is 2.35. The maximum atomic E-state index is 11.9. The lowest BCUT2D eigenvalue weighted by Gasteiger charge is -2.10. The zero-order valence-corrected chi connectivity index (χ0v) is 11.1. The minimum Gasteiger partial charge on any atom is -0.308 e. The predicted molar refractivity (Wildman–Crippen MR) is 73.6 cm³/mol. The Kier molecular flexibility index (Phi) is 4.04. The largest absolute Gasteiger partial charge is 0.308 e. The second-order valence-electron chi connectivity index (χ2n) is 3.94. The van der Waals surface area contributed by atoms with Crippen LogP contribution in [0.4, 0.5) is 5.82 Å². The van der Waals surface area contributed by atoms with Gasteiger partial charge in [0.05, 0.1) is 5.25 Å². The van der Waals surface area contributed by atoms with Crippen molar-refractivity contribution in [2.45, 2.75) is 17.1 Å². The summed E-state index contributed by atoms with van der Waals surface area (Å²) >= 11 is 1.53. The van der Waals surface area contributed by atoms with E-state index in [9.17, 15) is 4.79 Å². The Morgan fingerprint density at radius 3 is 2.67 bits per heavy atom. The van der Waals surface area contributed by atoms with Gasteiger partial charge in [-0.05, 0) is 19.1 Å². The van der Waals surface area contributed by atoms with Gasteiger partial charge in [0.15, 0.2) is 5.82 Å². The van der Waals surface area contributed by atoms with Crippen molar-refractivity contribution in [1.29, 1.82) is 0 Å². The summed E-state index contributed by atoms with van der Waals surface area (Å²) in [5.41, 5.74) is 0. The van der Waals surface area contributed by atoms with E-state index in [0.29, 0.717) is 5.82 Å². The molecule has 1 N–H and O–H groups in total. The summed E-state index contributed by atoms with van der Waals surface area (Å²) in [5.74, 6) is 0.547. The topological polar surface area (TPSA) is 46.9 Å². The average molecular weight is 261 g/mol. The summed E-state index contributed by atoms with van der Waals surface area (Å²) in [6.07, 6.45) is 1.80. The number of hydrogen-bond acceptors (Lipinski definition) is 3. The van der Waals surface area contributed by atoms with Gasteiger partial charge in [0.25, 0.3) is 0 Å². The lowest BCUT2D eigenvalue weighted by molar-refractivity contribution is -0.115. The van der Waals surface area contributed by atoms with Crippen LogP contribution in [0, 0.1) is 0 Å². The van der Waals surface area contributed by atoms with E-state index in [4.69, 9.17) is 0 Å². The third-order valence-electron chi connectivity index (χ3n) is 2.39. The lowest BCUT2D eigenvalue weighted by Crippen LogP contribution is -2.22. The minimum absolute atomic E-state index is 0.0393. The zero-order chi connectivity index (χ0) is 13.0. The third kappa shape index (κ3) is 3.37. The molecule has 0 fully saturated rings. The Hall–Kier alpha value is -1.75. The molecule has 0 saturated carbocycles. The monoisotopic (exact) mass is 261 g/mol. The van der Waals surface area contributed by atoms with Crippen molar-refractivity contribution < 1.29 is 4.79 Å². The average Bonchev–Trinajstić information content (AvgIpc) is 2.76. The number of nitrogens with one attached hydrogen (secondary N) is 1. The normalized spacial score (nSPS) is 12.1. The van der Waals surface area contributed by atoms with Gasteiger partial charge < -0.3 is 5.32 Å². The highest BCUT2D eigenvalue weighted by molar-refractivity contribution is 8.00. The van der Waals surface area contributed by atoms with Gasteiger partial charge >= 0.3 is 0 Å². The third-order valence-corrected chi connectivity index (χ3v) is 3.50. The number of aromatic nitrogens is 2. The molecular weight excluding hydrogens is 246 g/mol. The van der Waals surface area contributed by atoms with E-state index in [1.165, 1.54) is 11.8 Å². The SMILES string of the molecule is C[C@H](Sc1ccccc1)C(=O)Nc1ccn(C)n1. The second-order valence-corrected chi connectivity index (χ2v) is 5.35. The summed E-state index contributed by atoms with van der Waals surface area (Å²) in [6.45, 7) is 1.88. The van der Waals surface area contributed by atoms with Crippen LogP contribution < -0.4 is 5.32 Å². The molecule has 1 aromatic heterocycles. The van der Waals surface area contributed by atoms with Crippen LogP contribution >= 0.6 is 11.8 Å². The van der Waals surface area contributed by atoms with Crippen LogP contribution in [-0.4, -0.2) is 20.9 Å². The number of amides is 1. The van der Waals surface area contributed by atoms with E-state index < -0.39 is 0 Å². The van der Waals surface area contributed by atoms with Crippen molar-refractivity contribution in [3.63, 3.8) is 0 Å². The summed E-state index contributed by atoms with van der Waals surface area (Å²) in [4.78, 5) is 13.0. The van der Waals surface area contributed by atoms with Crippen LogP contribution in [0.15, 0.2) is 47.5 Å². The van der Waals surface area contributed by atoms with Gasteiger partial charge in [0.1, 0.15) is 0 Å². The fourth-order valence-electron chi connectivity index (χ4n) is 1.47. The summed E-state index contributed by atoms with van der Waals surface area (Å²) in [5, 5.41) is 6.75. The predicted octanol–water partition coefficient (Wildman–Crippen LogP) is 2.54. The van der Waals surface area contributed by atoms with Gasteiger partial charge in [0, 0.05) is 24.2 Å². The number of thioether (sulfide) groups is 1. The lowest BCUT2D eigenvalue weighted by atomic mass is 10.4. The Morgan fingerprint density at radius 1 is 1.33 bits per heavy atom. The first kappa shape index (κ1) is 12.7. The quantitative estimate of drug-likeness (QED) is 0.860. The molecule has 0 saturated heterocycles. The van der Waals surface area contributed by atoms with E-state index in [2.05, 4.69) is 10.4 Å². The first-order valence-electron chi connectivity index (χ1n) is 5.67. The molecule has 5 heteroatoms. The summed E-state index contributed by atoms with van der Waals surface area (Å²) in [6, 6.07) is 11.7. The Bertz CT molecular complexity index is 524. The molecule has 0 unspecified atom stereocenters. The highest BCUT2D eigenvalue weighted by Crippen LogP contribution is 2.23. The molecule has 1 heterocycles. The van der Waals surface area contributed by atoms with Crippen molar-refractivity contribution in [2.75, 3.05) is 5.32 Å². The first-order chi connectivity index (χ1) is 8.65. The molecule has 0 aliphatic carbocycles. The van der Waals surface area contributed by atoms with E-state index in [0.717, 1.165) is 4.90 Å². The molecule has 0 aliphatic rings. The molecule has 0 radical (unpaired) electrons. The van der Waals surface area contributed by atoms with E-state index in [1.54, 1.807) is 16.9 Å². The van der Waals surface area contributed by atoms with Crippen LogP contribution in [0.5, 0.6) is 0 Å². The number of nitrogens with zero attached hydrogens (tertiary/aromatic N) is 2.